The van der Waals surface area contributed by atoms with Crippen molar-refractivity contribution in [1.29, 1.82) is 0 Å². The Morgan fingerprint density at radius 1 is 1.21 bits per heavy atom. The molecule has 4 rings (SSSR count). The molecule has 0 bridgehead atoms. The summed E-state index contributed by atoms with van der Waals surface area (Å²) in [4.78, 5) is 16.4. The molecule has 1 aliphatic heterocycles. The molecular weight excluding hydrogens is 406 g/mol. The Balaban J connectivity index is 1.36. The maximum absolute atomic E-state index is 12.8. The van der Waals surface area contributed by atoms with Gasteiger partial charge in [-0.15, -0.1) is 11.3 Å². The number of amides is 1. The number of para-hydroxylation sites is 1. The van der Waals surface area contributed by atoms with Gasteiger partial charge in [0.1, 0.15) is 4.21 Å². The lowest BCUT2D eigenvalue weighted by molar-refractivity contribution is -0.120. The van der Waals surface area contributed by atoms with Crippen molar-refractivity contribution in [3.8, 4) is 0 Å². The van der Waals surface area contributed by atoms with E-state index in [9.17, 15) is 13.2 Å². The van der Waals surface area contributed by atoms with Gasteiger partial charge in [-0.25, -0.2) is 8.42 Å². The van der Waals surface area contributed by atoms with Crippen molar-refractivity contribution in [3.63, 3.8) is 0 Å². The summed E-state index contributed by atoms with van der Waals surface area (Å²) in [6.45, 7) is 3.65. The third-order valence-corrected chi connectivity index (χ3v) is 8.91. The fourth-order valence-corrected chi connectivity index (χ4v) is 6.56. The van der Waals surface area contributed by atoms with E-state index < -0.39 is 10.0 Å². The van der Waals surface area contributed by atoms with Crippen molar-refractivity contribution in [2.75, 3.05) is 13.1 Å². The van der Waals surface area contributed by atoms with Gasteiger partial charge in [0.15, 0.2) is 0 Å². The first-order chi connectivity index (χ1) is 13.9. The molecule has 3 aromatic rings. The highest BCUT2D eigenvalue weighted by Gasteiger charge is 2.29. The molecular formula is C21H25N3O3S2. The van der Waals surface area contributed by atoms with Crippen molar-refractivity contribution < 1.29 is 13.2 Å². The minimum Gasteiger partial charge on any atom is -0.361 e. The largest absolute Gasteiger partial charge is 0.361 e. The number of sulfonamides is 1. The van der Waals surface area contributed by atoms with Crippen LogP contribution in [-0.4, -0.2) is 36.7 Å². The van der Waals surface area contributed by atoms with Gasteiger partial charge in [-0.2, -0.15) is 4.31 Å². The first-order valence-corrected chi connectivity index (χ1v) is 12.1. The van der Waals surface area contributed by atoms with Crippen molar-refractivity contribution in [1.82, 2.24) is 14.6 Å². The molecule has 0 radical (unpaired) electrons. The van der Waals surface area contributed by atoms with Gasteiger partial charge in [0.05, 0.1) is 13.0 Å². The highest BCUT2D eigenvalue weighted by Crippen LogP contribution is 2.28. The van der Waals surface area contributed by atoms with Gasteiger partial charge in [-0.3, -0.25) is 4.79 Å². The second-order valence-electron chi connectivity index (χ2n) is 7.62. The number of fused-ring (bicyclic) bond motifs is 1. The number of aromatic amines is 1. The van der Waals surface area contributed by atoms with E-state index >= 15 is 0 Å². The Morgan fingerprint density at radius 2 is 1.97 bits per heavy atom. The highest BCUT2D eigenvalue weighted by atomic mass is 32.2. The molecule has 3 heterocycles. The van der Waals surface area contributed by atoms with E-state index in [4.69, 9.17) is 0 Å². The zero-order chi connectivity index (χ0) is 20.4. The first-order valence-electron chi connectivity index (χ1n) is 9.84. The molecule has 0 spiro atoms. The molecule has 2 aromatic heterocycles. The Morgan fingerprint density at radius 3 is 2.76 bits per heavy atom. The van der Waals surface area contributed by atoms with Crippen molar-refractivity contribution in [3.05, 3.63) is 53.0 Å². The minimum absolute atomic E-state index is 0.0856. The summed E-state index contributed by atoms with van der Waals surface area (Å²) < 4.78 is 27.6. The third kappa shape index (κ3) is 4.39. The van der Waals surface area contributed by atoms with Crippen LogP contribution in [0.4, 0.5) is 0 Å². The van der Waals surface area contributed by atoms with Gasteiger partial charge in [0, 0.05) is 35.1 Å². The van der Waals surface area contributed by atoms with Gasteiger partial charge < -0.3 is 10.3 Å². The van der Waals surface area contributed by atoms with E-state index in [0.29, 0.717) is 29.8 Å². The monoisotopic (exact) mass is 431 g/mol. The van der Waals surface area contributed by atoms with Crippen LogP contribution in [0.15, 0.2) is 46.8 Å². The van der Waals surface area contributed by atoms with Gasteiger partial charge in [-0.05, 0) is 42.5 Å². The molecule has 29 heavy (non-hydrogen) atoms. The summed E-state index contributed by atoms with van der Waals surface area (Å²) in [6.07, 6.45) is 3.95. The number of H-pyrrole nitrogens is 1. The number of hydrogen-bond acceptors (Lipinski definition) is 4. The lowest BCUT2D eigenvalue weighted by Crippen LogP contribution is -2.37. The molecule has 1 fully saturated rings. The van der Waals surface area contributed by atoms with Crippen LogP contribution in [0.5, 0.6) is 0 Å². The van der Waals surface area contributed by atoms with E-state index in [1.807, 2.05) is 30.5 Å². The third-order valence-electron chi connectivity index (χ3n) is 5.46. The molecule has 154 valence electrons. The zero-order valence-electron chi connectivity index (χ0n) is 16.3. The van der Waals surface area contributed by atoms with E-state index in [-0.39, 0.29) is 12.3 Å². The molecule has 1 amide bonds. The van der Waals surface area contributed by atoms with Crippen molar-refractivity contribution in [2.24, 2.45) is 5.92 Å². The molecule has 0 saturated carbocycles. The van der Waals surface area contributed by atoms with Crippen molar-refractivity contribution in [2.45, 2.75) is 36.9 Å². The Labute approximate surface area is 175 Å². The van der Waals surface area contributed by atoms with Crippen LogP contribution >= 0.6 is 11.3 Å². The lowest BCUT2D eigenvalue weighted by atomic mass is 10.0. The Hall–Kier alpha value is -2.16. The van der Waals surface area contributed by atoms with E-state index in [1.54, 1.807) is 16.4 Å². The summed E-state index contributed by atoms with van der Waals surface area (Å²) in [5.74, 6) is 0.491. The number of nitrogens with zero attached hydrogens (tertiary/aromatic N) is 1. The smallest absolute Gasteiger partial charge is 0.252 e. The number of thiophene rings is 1. The fourth-order valence-electron chi connectivity index (χ4n) is 3.64. The van der Waals surface area contributed by atoms with Gasteiger partial charge >= 0.3 is 0 Å². The van der Waals surface area contributed by atoms with Crippen molar-refractivity contribution >= 4 is 38.2 Å². The summed E-state index contributed by atoms with van der Waals surface area (Å²) in [5, 5.41) is 3.95. The molecule has 6 nitrogen and oxygen atoms in total. The highest BCUT2D eigenvalue weighted by molar-refractivity contribution is 7.91. The predicted molar refractivity (Wildman–Crippen MR) is 115 cm³/mol. The van der Waals surface area contributed by atoms with Crippen LogP contribution in [0.25, 0.3) is 10.9 Å². The number of piperidine rings is 1. The van der Waals surface area contributed by atoms with E-state index in [0.717, 1.165) is 34.2 Å². The number of carbonyl (C=O) groups excluding carboxylic acids is 1. The molecule has 0 aliphatic carbocycles. The number of nitrogens with one attached hydrogen (secondary N) is 2. The van der Waals surface area contributed by atoms with E-state index in [2.05, 4.69) is 17.2 Å². The molecule has 2 N–H and O–H groups in total. The molecule has 1 saturated heterocycles. The summed E-state index contributed by atoms with van der Waals surface area (Å²) in [7, 11) is -3.43. The quantitative estimate of drug-likeness (QED) is 0.627. The van der Waals surface area contributed by atoms with Gasteiger partial charge in [0.2, 0.25) is 5.91 Å². The lowest BCUT2D eigenvalue weighted by Gasteiger charge is -2.28. The normalized spacial score (nSPS) is 16.3. The number of benzene rings is 1. The Bertz CT molecular complexity index is 1110. The van der Waals surface area contributed by atoms with Crippen LogP contribution in [0.1, 0.15) is 30.2 Å². The minimum atomic E-state index is -3.43. The number of aromatic nitrogens is 1. The molecule has 0 atom stereocenters. The molecule has 1 aromatic carbocycles. The maximum Gasteiger partial charge on any atom is 0.252 e. The molecule has 1 aliphatic rings. The average molecular weight is 432 g/mol. The molecule has 8 heteroatoms. The standard InChI is InChI=1S/C21H25N3O3S2/c1-15-8-10-24(11-9-15)29(26,27)21-7-6-17(28-21)14-23-20(25)12-16-13-22-19-5-3-2-4-18(16)19/h2-7,13,15,22H,8-12,14H2,1H3,(H,23,25). The number of rotatable bonds is 6. The van der Waals surface area contributed by atoms with Gasteiger partial charge in [0.25, 0.3) is 10.0 Å². The summed E-state index contributed by atoms with van der Waals surface area (Å²) in [5.41, 5.74) is 1.96. The van der Waals surface area contributed by atoms with Gasteiger partial charge in [-0.1, -0.05) is 25.1 Å². The SMILES string of the molecule is CC1CCN(S(=O)(=O)c2ccc(CNC(=O)Cc3c[nH]c4ccccc34)s2)CC1. The van der Waals surface area contributed by atoms with Crippen LogP contribution < -0.4 is 5.32 Å². The first kappa shape index (κ1) is 20.1. The summed E-state index contributed by atoms with van der Waals surface area (Å²) in [6, 6.07) is 11.3. The van der Waals surface area contributed by atoms with Crippen LogP contribution in [0.2, 0.25) is 0 Å². The number of carbonyl (C=O) groups is 1. The second kappa shape index (κ2) is 8.30. The maximum atomic E-state index is 12.8. The van der Waals surface area contributed by atoms with Crippen LogP contribution in [0, 0.1) is 5.92 Å². The number of hydrogen-bond donors (Lipinski definition) is 2. The Kier molecular flexibility index (Phi) is 5.76. The van der Waals surface area contributed by atoms with Crippen LogP contribution in [0.3, 0.4) is 0 Å². The second-order valence-corrected chi connectivity index (χ2v) is 11.0. The fraction of sp³-hybridized carbons (Fsp3) is 0.381. The zero-order valence-corrected chi connectivity index (χ0v) is 18.0. The van der Waals surface area contributed by atoms with Crippen LogP contribution in [-0.2, 0) is 27.8 Å². The van der Waals surface area contributed by atoms with E-state index in [1.165, 1.54) is 11.3 Å². The predicted octanol–water partition coefficient (Wildman–Crippen LogP) is 3.51. The average Bonchev–Trinajstić information content (AvgIpc) is 3.35. The summed E-state index contributed by atoms with van der Waals surface area (Å²) >= 11 is 1.24. The topological polar surface area (TPSA) is 82.3 Å². The molecule has 0 unspecified atom stereocenters.